The van der Waals surface area contributed by atoms with Crippen LogP contribution in [0.1, 0.15) is 20.7 Å². The number of methoxy groups -OCH3 is 2. The van der Waals surface area contributed by atoms with Gasteiger partial charge < -0.3 is 24.4 Å². The molecular weight excluding hydrogens is 396 g/mol. The molecule has 1 saturated heterocycles. The normalized spacial score (nSPS) is 13.9. The molecule has 7 nitrogen and oxygen atoms in total. The maximum absolute atomic E-state index is 13.0. The molecule has 0 unspecified atom stereocenters. The molecule has 1 heterocycles. The van der Waals surface area contributed by atoms with Crippen LogP contribution in [-0.4, -0.2) is 67.1 Å². The molecule has 3 aromatic rings. The number of carbonyl (C=O) groups is 2. The second-order valence-corrected chi connectivity index (χ2v) is 7.40. The largest absolute Gasteiger partial charge is 0.507 e. The molecule has 1 fully saturated rings. The number of ether oxygens (including phenoxy) is 2. The van der Waals surface area contributed by atoms with E-state index in [0.717, 1.165) is 10.8 Å². The summed E-state index contributed by atoms with van der Waals surface area (Å²) in [6.45, 7) is 1.58. The van der Waals surface area contributed by atoms with Gasteiger partial charge in [0.05, 0.1) is 19.8 Å². The lowest BCUT2D eigenvalue weighted by Gasteiger charge is -2.35. The lowest BCUT2D eigenvalue weighted by atomic mass is 10.0. The number of aromatic hydroxyl groups is 1. The Bertz CT molecular complexity index is 1110. The van der Waals surface area contributed by atoms with Crippen LogP contribution in [0.4, 0.5) is 0 Å². The predicted molar refractivity (Wildman–Crippen MR) is 117 cm³/mol. The van der Waals surface area contributed by atoms with E-state index < -0.39 is 0 Å². The first-order chi connectivity index (χ1) is 15.0. The van der Waals surface area contributed by atoms with E-state index in [0.29, 0.717) is 43.2 Å². The number of benzene rings is 3. The molecular formula is C24H24N2O5. The number of hydrogen-bond acceptors (Lipinski definition) is 5. The number of phenolic OH excluding ortho intramolecular Hbond substituents is 1. The van der Waals surface area contributed by atoms with E-state index in [1.165, 1.54) is 14.2 Å². The lowest BCUT2D eigenvalue weighted by molar-refractivity contribution is 0.0533. The molecule has 1 aliphatic rings. The average Bonchev–Trinajstić information content (AvgIpc) is 2.82. The van der Waals surface area contributed by atoms with Gasteiger partial charge in [0, 0.05) is 37.8 Å². The highest BCUT2D eigenvalue weighted by Crippen LogP contribution is 2.27. The monoisotopic (exact) mass is 420 g/mol. The van der Waals surface area contributed by atoms with Crippen molar-refractivity contribution in [2.45, 2.75) is 0 Å². The standard InChI is InChI=1S/C24H24N2O5/c1-30-19-11-18(12-20(15-19)31-2)23(28)25-7-9-26(10-8-25)24(29)21-13-16-5-3-4-6-17(16)14-22(21)27/h3-6,11-15,27H,7-10H2,1-2H3. The third-order valence-corrected chi connectivity index (χ3v) is 5.55. The summed E-state index contributed by atoms with van der Waals surface area (Å²) in [4.78, 5) is 29.3. The molecule has 1 aliphatic heterocycles. The second kappa shape index (κ2) is 8.55. The third-order valence-electron chi connectivity index (χ3n) is 5.55. The van der Waals surface area contributed by atoms with Crippen molar-refractivity contribution in [2.24, 2.45) is 0 Å². The summed E-state index contributed by atoms with van der Waals surface area (Å²) in [5.74, 6) is 0.675. The molecule has 0 atom stereocenters. The maximum atomic E-state index is 13.0. The second-order valence-electron chi connectivity index (χ2n) is 7.40. The zero-order valence-corrected chi connectivity index (χ0v) is 17.5. The lowest BCUT2D eigenvalue weighted by Crippen LogP contribution is -2.50. The summed E-state index contributed by atoms with van der Waals surface area (Å²) in [6.07, 6.45) is 0. The van der Waals surface area contributed by atoms with E-state index in [2.05, 4.69) is 0 Å². The van der Waals surface area contributed by atoms with Crippen molar-refractivity contribution in [3.63, 3.8) is 0 Å². The zero-order valence-electron chi connectivity index (χ0n) is 17.5. The number of amides is 2. The number of carbonyl (C=O) groups excluding carboxylic acids is 2. The van der Waals surface area contributed by atoms with Gasteiger partial charge in [0.25, 0.3) is 11.8 Å². The summed E-state index contributed by atoms with van der Waals surface area (Å²) in [6, 6.07) is 16.0. The van der Waals surface area contributed by atoms with Crippen LogP contribution >= 0.6 is 0 Å². The van der Waals surface area contributed by atoms with E-state index in [1.54, 1.807) is 40.1 Å². The first-order valence-electron chi connectivity index (χ1n) is 10.0. The summed E-state index contributed by atoms with van der Waals surface area (Å²) in [7, 11) is 3.07. The topological polar surface area (TPSA) is 79.3 Å². The van der Waals surface area contributed by atoms with Gasteiger partial charge >= 0.3 is 0 Å². The SMILES string of the molecule is COc1cc(OC)cc(C(=O)N2CCN(C(=O)c3cc4ccccc4cc3O)CC2)c1. The zero-order chi connectivity index (χ0) is 22.0. The fourth-order valence-corrected chi connectivity index (χ4v) is 3.80. The van der Waals surface area contributed by atoms with Gasteiger partial charge in [-0.3, -0.25) is 9.59 Å². The van der Waals surface area contributed by atoms with Crippen LogP contribution in [0.3, 0.4) is 0 Å². The Morgan fingerprint density at radius 2 is 1.29 bits per heavy atom. The molecule has 1 N–H and O–H groups in total. The van der Waals surface area contributed by atoms with Gasteiger partial charge in [-0.2, -0.15) is 0 Å². The van der Waals surface area contributed by atoms with Gasteiger partial charge in [0.1, 0.15) is 17.2 Å². The molecule has 0 spiro atoms. The Kier molecular flexibility index (Phi) is 5.66. The molecule has 0 saturated carbocycles. The first kappa shape index (κ1) is 20.5. The number of rotatable bonds is 4. The van der Waals surface area contributed by atoms with E-state index in [1.807, 2.05) is 24.3 Å². The molecule has 0 bridgehead atoms. The molecule has 0 radical (unpaired) electrons. The molecule has 31 heavy (non-hydrogen) atoms. The number of fused-ring (bicyclic) bond motifs is 1. The molecule has 4 rings (SSSR count). The number of phenols is 1. The fraction of sp³-hybridized carbons (Fsp3) is 0.250. The van der Waals surface area contributed by atoms with Gasteiger partial charge in [0.2, 0.25) is 0 Å². The number of piperazine rings is 1. The summed E-state index contributed by atoms with van der Waals surface area (Å²) >= 11 is 0. The van der Waals surface area contributed by atoms with Crippen LogP contribution in [0.5, 0.6) is 17.2 Å². The third kappa shape index (κ3) is 4.12. The van der Waals surface area contributed by atoms with Crippen molar-refractivity contribution in [1.29, 1.82) is 0 Å². The van der Waals surface area contributed by atoms with Crippen LogP contribution in [0.25, 0.3) is 10.8 Å². The Hall–Kier alpha value is -3.74. The van der Waals surface area contributed by atoms with E-state index >= 15 is 0 Å². The molecule has 0 aliphatic carbocycles. The Morgan fingerprint density at radius 3 is 1.84 bits per heavy atom. The first-order valence-corrected chi connectivity index (χ1v) is 10.0. The van der Waals surface area contributed by atoms with Crippen molar-refractivity contribution < 1.29 is 24.2 Å². The molecule has 0 aromatic heterocycles. The van der Waals surface area contributed by atoms with Crippen molar-refractivity contribution >= 4 is 22.6 Å². The maximum Gasteiger partial charge on any atom is 0.257 e. The highest BCUT2D eigenvalue weighted by Gasteiger charge is 2.27. The highest BCUT2D eigenvalue weighted by atomic mass is 16.5. The van der Waals surface area contributed by atoms with Crippen LogP contribution in [0, 0.1) is 0 Å². The predicted octanol–water partition coefficient (Wildman–Crippen LogP) is 3.16. The van der Waals surface area contributed by atoms with Crippen LogP contribution in [-0.2, 0) is 0 Å². The Labute approximate surface area is 180 Å². The minimum atomic E-state index is -0.238. The van der Waals surface area contributed by atoms with Gasteiger partial charge in [-0.1, -0.05) is 24.3 Å². The summed E-state index contributed by atoms with van der Waals surface area (Å²) in [5, 5.41) is 12.1. The van der Waals surface area contributed by atoms with Crippen LogP contribution in [0.2, 0.25) is 0 Å². The van der Waals surface area contributed by atoms with Crippen LogP contribution in [0.15, 0.2) is 54.6 Å². The van der Waals surface area contributed by atoms with Gasteiger partial charge in [-0.15, -0.1) is 0 Å². The van der Waals surface area contributed by atoms with Crippen LogP contribution < -0.4 is 9.47 Å². The van der Waals surface area contributed by atoms with E-state index in [-0.39, 0.29) is 23.1 Å². The van der Waals surface area contributed by atoms with Crippen molar-refractivity contribution in [1.82, 2.24) is 9.80 Å². The number of nitrogens with zero attached hydrogens (tertiary/aromatic N) is 2. The van der Waals surface area contributed by atoms with Gasteiger partial charge in [-0.25, -0.2) is 0 Å². The van der Waals surface area contributed by atoms with Gasteiger partial charge in [-0.05, 0) is 35.0 Å². The smallest absolute Gasteiger partial charge is 0.257 e. The Balaban J connectivity index is 1.47. The minimum absolute atomic E-state index is 0.0364. The van der Waals surface area contributed by atoms with Crippen molar-refractivity contribution in [2.75, 3.05) is 40.4 Å². The number of hydrogen-bond donors (Lipinski definition) is 1. The molecule has 160 valence electrons. The van der Waals surface area contributed by atoms with Gasteiger partial charge in [0.15, 0.2) is 0 Å². The molecule has 3 aromatic carbocycles. The Morgan fingerprint density at radius 1 is 0.774 bits per heavy atom. The van der Waals surface area contributed by atoms with Crippen molar-refractivity contribution in [3.05, 3.63) is 65.7 Å². The van der Waals surface area contributed by atoms with E-state index in [4.69, 9.17) is 9.47 Å². The quantitative estimate of drug-likeness (QED) is 0.701. The van der Waals surface area contributed by atoms with Crippen molar-refractivity contribution in [3.8, 4) is 17.2 Å². The summed E-state index contributed by atoms with van der Waals surface area (Å²) < 4.78 is 10.5. The molecule has 7 heteroatoms. The fourth-order valence-electron chi connectivity index (χ4n) is 3.80. The minimum Gasteiger partial charge on any atom is -0.507 e. The van der Waals surface area contributed by atoms with E-state index in [9.17, 15) is 14.7 Å². The summed E-state index contributed by atoms with van der Waals surface area (Å²) in [5.41, 5.74) is 0.749. The molecule has 2 amide bonds. The highest BCUT2D eigenvalue weighted by molar-refractivity contribution is 6.01. The average molecular weight is 420 g/mol.